The molecule has 1 aliphatic carbocycles. The van der Waals surface area contributed by atoms with E-state index in [4.69, 9.17) is 4.18 Å². The number of aliphatic hydroxyl groups excluding tert-OH is 2. The van der Waals surface area contributed by atoms with Crippen molar-refractivity contribution in [2.75, 3.05) is 0 Å². The fraction of sp³-hybridized carbons (Fsp3) is 0.357. The van der Waals surface area contributed by atoms with Gasteiger partial charge in [0, 0.05) is 12.6 Å². The van der Waals surface area contributed by atoms with E-state index in [-0.39, 0.29) is 17.4 Å². The first-order chi connectivity index (χ1) is 16.8. The molecule has 186 valence electrons. The zero-order valence-electron chi connectivity index (χ0n) is 20.1. The number of aryl methyl sites for hydroxylation is 1. The van der Waals surface area contributed by atoms with E-state index < -0.39 is 34.5 Å². The van der Waals surface area contributed by atoms with Gasteiger partial charge in [0.2, 0.25) is 0 Å². The van der Waals surface area contributed by atoms with Gasteiger partial charge in [0.25, 0.3) is 10.1 Å². The number of rotatable bonds is 8. The Hall–Kier alpha value is -2.55. The predicted octanol–water partition coefficient (Wildman–Crippen LogP) is 4.22. The molecule has 0 unspecified atom stereocenters. The Morgan fingerprint density at radius 2 is 1.51 bits per heavy atom. The van der Waals surface area contributed by atoms with Gasteiger partial charge in [-0.2, -0.15) is 8.42 Å². The van der Waals surface area contributed by atoms with E-state index >= 15 is 0 Å². The number of benzene rings is 3. The van der Waals surface area contributed by atoms with Crippen LogP contribution in [0, 0.1) is 6.92 Å². The molecule has 0 bridgehead atoms. The van der Waals surface area contributed by atoms with Gasteiger partial charge in [-0.15, -0.1) is 0 Å². The quantitative estimate of drug-likeness (QED) is 0.455. The lowest BCUT2D eigenvalue weighted by molar-refractivity contribution is -0.115. The van der Waals surface area contributed by atoms with Crippen molar-refractivity contribution in [3.63, 3.8) is 0 Å². The summed E-state index contributed by atoms with van der Waals surface area (Å²) in [4.78, 5) is 2.10. The van der Waals surface area contributed by atoms with Crippen molar-refractivity contribution >= 4 is 10.1 Å². The Kier molecular flexibility index (Phi) is 8.04. The third-order valence-electron chi connectivity index (χ3n) is 6.80. The maximum absolute atomic E-state index is 13.0. The van der Waals surface area contributed by atoms with Gasteiger partial charge in [0.05, 0.1) is 23.1 Å². The average molecular weight is 496 g/mol. The molecule has 0 heterocycles. The maximum Gasteiger partial charge on any atom is 0.297 e. The summed E-state index contributed by atoms with van der Waals surface area (Å²) in [5, 5.41) is 22.4. The largest absolute Gasteiger partial charge is 0.391 e. The van der Waals surface area contributed by atoms with Crippen molar-refractivity contribution in [1.29, 1.82) is 0 Å². The molecular weight excluding hydrogens is 462 g/mol. The molecule has 0 radical (unpaired) electrons. The Morgan fingerprint density at radius 3 is 2.14 bits per heavy atom. The predicted molar refractivity (Wildman–Crippen MR) is 135 cm³/mol. The van der Waals surface area contributed by atoms with Crippen LogP contribution in [0.1, 0.15) is 42.5 Å². The summed E-state index contributed by atoms with van der Waals surface area (Å²) in [6, 6.07) is 25.3. The van der Waals surface area contributed by atoms with E-state index in [0.717, 1.165) is 16.7 Å². The van der Waals surface area contributed by atoms with Gasteiger partial charge in [0.15, 0.2) is 0 Å². The Balaban J connectivity index is 1.63. The second kappa shape index (κ2) is 11.0. The van der Waals surface area contributed by atoms with Gasteiger partial charge >= 0.3 is 0 Å². The Bertz CT molecular complexity index is 1190. The van der Waals surface area contributed by atoms with Gasteiger partial charge in [-0.1, -0.05) is 78.4 Å². The molecule has 3 aromatic rings. The van der Waals surface area contributed by atoms with E-state index in [1.54, 1.807) is 12.1 Å². The standard InChI is InChI=1S/C28H33NO5S/c1-20-13-15-24(16-14-20)35(32,33)34-26-18-17-25(30)27(28(26)31)29(19-22-9-5-3-6-10-22)21(2)23-11-7-4-8-12-23/h3-16,21,25-28,30-31H,17-19H2,1-2H3/t21-,25+,26+,27+,28-/m1/s1. The van der Waals surface area contributed by atoms with Crippen LogP contribution in [-0.4, -0.2) is 47.9 Å². The molecule has 0 amide bonds. The van der Waals surface area contributed by atoms with Crippen LogP contribution in [0.3, 0.4) is 0 Å². The van der Waals surface area contributed by atoms with Crippen molar-refractivity contribution in [1.82, 2.24) is 4.90 Å². The highest BCUT2D eigenvalue weighted by atomic mass is 32.2. The highest BCUT2D eigenvalue weighted by molar-refractivity contribution is 7.86. The first-order valence-electron chi connectivity index (χ1n) is 12.0. The molecule has 0 aliphatic heterocycles. The topological polar surface area (TPSA) is 87.1 Å². The number of hydrogen-bond donors (Lipinski definition) is 2. The summed E-state index contributed by atoms with van der Waals surface area (Å²) in [6.45, 7) is 4.39. The van der Waals surface area contributed by atoms with Gasteiger partial charge in [-0.05, 0) is 49.9 Å². The van der Waals surface area contributed by atoms with E-state index in [1.165, 1.54) is 12.1 Å². The lowest BCUT2D eigenvalue weighted by Crippen LogP contribution is -2.59. The van der Waals surface area contributed by atoms with Gasteiger partial charge in [-0.3, -0.25) is 9.08 Å². The molecule has 2 N–H and O–H groups in total. The Morgan fingerprint density at radius 1 is 0.914 bits per heavy atom. The van der Waals surface area contributed by atoms with Crippen molar-refractivity contribution < 1.29 is 22.8 Å². The lowest BCUT2D eigenvalue weighted by Gasteiger charge is -2.46. The van der Waals surface area contributed by atoms with Gasteiger partial charge < -0.3 is 10.2 Å². The highest BCUT2D eigenvalue weighted by Crippen LogP contribution is 2.34. The minimum Gasteiger partial charge on any atom is -0.391 e. The summed E-state index contributed by atoms with van der Waals surface area (Å²) in [5.74, 6) is 0. The van der Waals surface area contributed by atoms with Crippen LogP contribution in [0.25, 0.3) is 0 Å². The first-order valence-corrected chi connectivity index (χ1v) is 13.4. The van der Waals surface area contributed by atoms with Crippen LogP contribution in [-0.2, 0) is 20.8 Å². The zero-order valence-corrected chi connectivity index (χ0v) is 20.9. The fourth-order valence-electron chi connectivity index (χ4n) is 4.79. The van der Waals surface area contributed by atoms with Gasteiger partial charge in [0.1, 0.15) is 6.10 Å². The summed E-state index contributed by atoms with van der Waals surface area (Å²) >= 11 is 0. The monoisotopic (exact) mass is 495 g/mol. The number of aliphatic hydroxyl groups is 2. The second-order valence-electron chi connectivity index (χ2n) is 9.27. The van der Waals surface area contributed by atoms with E-state index in [2.05, 4.69) is 0 Å². The Labute approximate surface area is 207 Å². The molecule has 1 fully saturated rings. The maximum atomic E-state index is 13.0. The van der Waals surface area contributed by atoms with Crippen molar-refractivity contribution in [3.8, 4) is 0 Å². The lowest BCUT2D eigenvalue weighted by atomic mass is 9.85. The molecule has 6 nitrogen and oxygen atoms in total. The molecule has 0 spiro atoms. The van der Waals surface area contributed by atoms with Crippen LogP contribution in [0.15, 0.2) is 89.8 Å². The molecule has 35 heavy (non-hydrogen) atoms. The minimum atomic E-state index is -4.07. The third kappa shape index (κ3) is 6.00. The van der Waals surface area contributed by atoms with Crippen LogP contribution in [0.2, 0.25) is 0 Å². The third-order valence-corrected chi connectivity index (χ3v) is 8.15. The average Bonchev–Trinajstić information content (AvgIpc) is 2.86. The van der Waals surface area contributed by atoms with Crippen molar-refractivity contribution in [2.24, 2.45) is 0 Å². The van der Waals surface area contributed by atoms with E-state index in [0.29, 0.717) is 13.0 Å². The SMILES string of the molecule is Cc1ccc(S(=O)(=O)O[C@H]2CC[C@H](O)[C@H](N(Cc3ccccc3)[C@H](C)c3ccccc3)[C@@H]2O)cc1. The van der Waals surface area contributed by atoms with Crippen LogP contribution in [0.5, 0.6) is 0 Å². The molecule has 1 aliphatic rings. The van der Waals surface area contributed by atoms with Crippen LogP contribution < -0.4 is 0 Å². The van der Waals surface area contributed by atoms with E-state index in [1.807, 2.05) is 79.4 Å². The van der Waals surface area contributed by atoms with Gasteiger partial charge in [-0.25, -0.2) is 0 Å². The number of nitrogens with zero attached hydrogens (tertiary/aromatic N) is 1. The molecule has 7 heteroatoms. The fourth-order valence-corrected chi connectivity index (χ4v) is 5.90. The molecule has 3 aromatic carbocycles. The first kappa shape index (κ1) is 25.5. The highest BCUT2D eigenvalue weighted by Gasteiger charge is 2.45. The molecule has 4 rings (SSSR count). The summed E-state index contributed by atoms with van der Waals surface area (Å²) in [7, 11) is -4.07. The van der Waals surface area contributed by atoms with Crippen LogP contribution in [0.4, 0.5) is 0 Å². The molecule has 5 atom stereocenters. The summed E-state index contributed by atoms with van der Waals surface area (Å²) in [6.07, 6.45) is -2.43. The molecule has 0 saturated heterocycles. The summed E-state index contributed by atoms with van der Waals surface area (Å²) < 4.78 is 31.5. The van der Waals surface area contributed by atoms with E-state index in [9.17, 15) is 18.6 Å². The summed E-state index contributed by atoms with van der Waals surface area (Å²) in [5.41, 5.74) is 3.01. The number of hydrogen-bond acceptors (Lipinski definition) is 6. The zero-order chi connectivity index (χ0) is 25.0. The second-order valence-corrected chi connectivity index (χ2v) is 10.8. The van der Waals surface area contributed by atoms with Crippen LogP contribution >= 0.6 is 0 Å². The van der Waals surface area contributed by atoms with Crippen molar-refractivity contribution in [3.05, 3.63) is 102 Å². The minimum absolute atomic E-state index is 0.0526. The molecular formula is C28H33NO5S. The smallest absolute Gasteiger partial charge is 0.297 e. The normalized spacial score (nSPS) is 23.8. The van der Waals surface area contributed by atoms with Crippen molar-refractivity contribution in [2.45, 2.75) is 68.5 Å². The molecule has 0 aromatic heterocycles. The molecule has 1 saturated carbocycles.